The Morgan fingerprint density at radius 3 is 2.81 bits per heavy atom. The van der Waals surface area contributed by atoms with E-state index in [-0.39, 0.29) is 5.91 Å². The molecule has 0 bridgehead atoms. The summed E-state index contributed by atoms with van der Waals surface area (Å²) in [5.74, 6) is 0.522. The van der Waals surface area contributed by atoms with E-state index in [2.05, 4.69) is 27.4 Å². The maximum absolute atomic E-state index is 12.2. The quantitative estimate of drug-likeness (QED) is 0.724. The molecule has 0 spiro atoms. The average Bonchev–Trinajstić information content (AvgIpc) is 3.27. The monoisotopic (exact) mass is 310 g/mol. The van der Waals surface area contributed by atoms with Crippen LogP contribution in [0, 0.1) is 0 Å². The normalized spacial score (nSPS) is 14.3. The molecule has 1 fully saturated rings. The molecule has 1 saturated carbocycles. The van der Waals surface area contributed by atoms with E-state index in [1.807, 2.05) is 6.92 Å². The second kappa shape index (κ2) is 7.61. The van der Waals surface area contributed by atoms with E-state index in [9.17, 15) is 4.79 Å². The van der Waals surface area contributed by atoms with E-state index in [0.717, 1.165) is 25.7 Å². The van der Waals surface area contributed by atoms with Crippen LogP contribution in [0.3, 0.4) is 0 Å². The van der Waals surface area contributed by atoms with Crippen LogP contribution in [0.15, 0.2) is 12.1 Å². The lowest BCUT2D eigenvalue weighted by Gasteiger charge is -2.19. The van der Waals surface area contributed by atoms with Gasteiger partial charge in [-0.05, 0) is 38.4 Å². The van der Waals surface area contributed by atoms with Crippen LogP contribution in [0.2, 0.25) is 5.15 Å². The van der Waals surface area contributed by atoms with Crippen molar-refractivity contribution in [3.63, 3.8) is 0 Å². The molecule has 0 radical (unpaired) electrons. The number of nitrogens with one attached hydrogen (secondary N) is 2. The molecule has 1 heterocycles. The van der Waals surface area contributed by atoms with Crippen LogP contribution >= 0.6 is 11.6 Å². The van der Waals surface area contributed by atoms with Gasteiger partial charge in [-0.25, -0.2) is 4.98 Å². The van der Waals surface area contributed by atoms with Gasteiger partial charge in [-0.2, -0.15) is 0 Å². The first kappa shape index (κ1) is 16.0. The number of likely N-dealkylation sites (N-methyl/N-ethyl adjacent to an activating group) is 1. The highest BCUT2D eigenvalue weighted by Crippen LogP contribution is 2.25. The molecule has 116 valence electrons. The fourth-order valence-corrected chi connectivity index (χ4v) is 2.56. The zero-order valence-electron chi connectivity index (χ0n) is 12.7. The van der Waals surface area contributed by atoms with E-state index in [1.54, 1.807) is 12.1 Å². The van der Waals surface area contributed by atoms with Crippen molar-refractivity contribution in [3.05, 3.63) is 22.8 Å². The smallest absolute Gasteiger partial charge is 0.251 e. The summed E-state index contributed by atoms with van der Waals surface area (Å²) < 4.78 is 0. The Balaban J connectivity index is 1.87. The molecule has 0 saturated heterocycles. The zero-order chi connectivity index (χ0) is 15.2. The average molecular weight is 311 g/mol. The minimum atomic E-state index is -0.106. The van der Waals surface area contributed by atoms with E-state index >= 15 is 0 Å². The third-order valence-corrected chi connectivity index (χ3v) is 3.76. The first-order valence-corrected chi connectivity index (χ1v) is 7.95. The van der Waals surface area contributed by atoms with E-state index in [1.165, 1.54) is 12.8 Å². The molecule has 5 nitrogen and oxygen atoms in total. The predicted molar refractivity (Wildman–Crippen MR) is 86.0 cm³/mol. The largest absolute Gasteiger partial charge is 0.370 e. The Kier molecular flexibility index (Phi) is 5.82. The molecular weight excluding hydrogens is 288 g/mol. The highest BCUT2D eigenvalue weighted by Gasteiger charge is 2.27. The highest BCUT2D eigenvalue weighted by atomic mass is 35.5. The number of carbonyl (C=O) groups is 1. The number of hydrogen-bond donors (Lipinski definition) is 2. The number of nitrogens with zero attached hydrogens (tertiary/aromatic N) is 2. The van der Waals surface area contributed by atoms with Gasteiger partial charge in [0, 0.05) is 31.2 Å². The summed E-state index contributed by atoms with van der Waals surface area (Å²) in [5, 5.41) is 6.34. The maximum atomic E-state index is 12.2. The first-order chi connectivity index (χ1) is 10.1. The number of halogens is 1. The summed E-state index contributed by atoms with van der Waals surface area (Å²) >= 11 is 5.95. The first-order valence-electron chi connectivity index (χ1n) is 7.57. The molecule has 6 heteroatoms. The lowest BCUT2D eigenvalue weighted by Crippen LogP contribution is -2.36. The van der Waals surface area contributed by atoms with E-state index < -0.39 is 0 Å². The van der Waals surface area contributed by atoms with Crippen LogP contribution in [-0.2, 0) is 0 Å². The fourth-order valence-electron chi connectivity index (χ4n) is 2.35. The van der Waals surface area contributed by atoms with Gasteiger partial charge in [-0.1, -0.05) is 18.5 Å². The number of pyridine rings is 1. The number of aromatic nitrogens is 1. The van der Waals surface area contributed by atoms with Crippen molar-refractivity contribution in [3.8, 4) is 0 Å². The highest BCUT2D eigenvalue weighted by molar-refractivity contribution is 6.29. The summed E-state index contributed by atoms with van der Waals surface area (Å²) in [5.41, 5.74) is 0.542. The summed E-state index contributed by atoms with van der Waals surface area (Å²) in [4.78, 5) is 18.7. The molecule has 1 aliphatic rings. The van der Waals surface area contributed by atoms with E-state index in [4.69, 9.17) is 11.6 Å². The van der Waals surface area contributed by atoms with Crippen molar-refractivity contribution in [2.45, 2.75) is 32.7 Å². The molecule has 2 N–H and O–H groups in total. The Hall–Kier alpha value is -1.33. The van der Waals surface area contributed by atoms with Crippen molar-refractivity contribution in [1.29, 1.82) is 0 Å². The number of hydrogen-bond acceptors (Lipinski definition) is 4. The molecule has 1 amide bonds. The van der Waals surface area contributed by atoms with Gasteiger partial charge in [0.15, 0.2) is 0 Å². The minimum Gasteiger partial charge on any atom is -0.370 e. The summed E-state index contributed by atoms with van der Waals surface area (Å²) in [6.07, 6.45) is 2.57. The van der Waals surface area contributed by atoms with Crippen molar-refractivity contribution < 1.29 is 4.79 Å². The van der Waals surface area contributed by atoms with Crippen molar-refractivity contribution in [1.82, 2.24) is 15.2 Å². The van der Waals surface area contributed by atoms with Gasteiger partial charge < -0.3 is 10.6 Å². The molecule has 21 heavy (non-hydrogen) atoms. The number of carbonyl (C=O) groups excluding carboxylic acids is 1. The van der Waals surface area contributed by atoms with Gasteiger partial charge in [-0.3, -0.25) is 9.69 Å². The van der Waals surface area contributed by atoms with Crippen LogP contribution in [0.5, 0.6) is 0 Å². The lowest BCUT2D eigenvalue weighted by molar-refractivity contribution is 0.0948. The van der Waals surface area contributed by atoms with Gasteiger partial charge in [-0.15, -0.1) is 0 Å². The predicted octanol–water partition coefficient (Wildman–Crippen LogP) is 2.38. The molecular formula is C15H23ClN4O. The zero-order valence-corrected chi connectivity index (χ0v) is 13.4. The molecule has 2 rings (SSSR count). The molecule has 0 aliphatic heterocycles. The second-order valence-electron chi connectivity index (χ2n) is 5.21. The standard InChI is InChI=1S/C15H23ClN4O/c1-3-17-14-10-11(9-13(16)19-14)15(21)18-7-8-20(4-2)12-5-6-12/h9-10,12H,3-8H2,1-2H3,(H,17,19)(H,18,21). The Labute approximate surface area is 131 Å². The van der Waals surface area contributed by atoms with Crippen molar-refractivity contribution in [2.24, 2.45) is 0 Å². The van der Waals surface area contributed by atoms with Gasteiger partial charge in [0.2, 0.25) is 0 Å². The number of amides is 1. The molecule has 1 aromatic rings. The minimum absolute atomic E-state index is 0.106. The summed E-state index contributed by atoms with van der Waals surface area (Å²) in [6, 6.07) is 4.04. The molecule has 0 unspecified atom stereocenters. The van der Waals surface area contributed by atoms with Gasteiger partial charge >= 0.3 is 0 Å². The van der Waals surface area contributed by atoms with E-state index in [0.29, 0.717) is 23.1 Å². The number of rotatable bonds is 8. The maximum Gasteiger partial charge on any atom is 0.251 e. The molecule has 1 aromatic heterocycles. The lowest BCUT2D eigenvalue weighted by atomic mass is 10.2. The third kappa shape index (κ3) is 4.86. The Morgan fingerprint density at radius 1 is 1.43 bits per heavy atom. The Bertz CT molecular complexity index is 491. The molecule has 0 atom stereocenters. The van der Waals surface area contributed by atoms with Crippen LogP contribution in [0.4, 0.5) is 5.82 Å². The summed E-state index contributed by atoms with van der Waals surface area (Å²) in [6.45, 7) is 7.45. The Morgan fingerprint density at radius 2 is 2.19 bits per heavy atom. The second-order valence-corrected chi connectivity index (χ2v) is 5.60. The van der Waals surface area contributed by atoms with Gasteiger partial charge in [0.25, 0.3) is 5.91 Å². The van der Waals surface area contributed by atoms with Crippen LogP contribution < -0.4 is 10.6 Å². The van der Waals surface area contributed by atoms with Crippen molar-refractivity contribution in [2.75, 3.05) is 31.5 Å². The van der Waals surface area contributed by atoms with Crippen LogP contribution in [0.25, 0.3) is 0 Å². The fraction of sp³-hybridized carbons (Fsp3) is 0.600. The molecule has 1 aliphatic carbocycles. The third-order valence-electron chi connectivity index (χ3n) is 3.57. The SMILES string of the molecule is CCNc1cc(C(=O)NCCN(CC)C2CC2)cc(Cl)n1. The van der Waals surface area contributed by atoms with Crippen molar-refractivity contribution >= 4 is 23.3 Å². The summed E-state index contributed by atoms with van der Waals surface area (Å²) in [7, 11) is 0. The molecule has 0 aromatic carbocycles. The van der Waals surface area contributed by atoms with Gasteiger partial charge in [0.05, 0.1) is 0 Å². The topological polar surface area (TPSA) is 57.3 Å². The van der Waals surface area contributed by atoms with Crippen LogP contribution in [-0.4, -0.2) is 48.0 Å². The van der Waals surface area contributed by atoms with Crippen LogP contribution in [0.1, 0.15) is 37.0 Å². The number of anilines is 1. The van der Waals surface area contributed by atoms with Gasteiger partial charge in [0.1, 0.15) is 11.0 Å².